The molecular weight excluding hydrogens is 200 g/mol. The van der Waals surface area contributed by atoms with Crippen LogP contribution in [0.15, 0.2) is 24.3 Å². The summed E-state index contributed by atoms with van der Waals surface area (Å²) in [6.45, 7) is 0. The van der Waals surface area contributed by atoms with E-state index in [9.17, 15) is 4.79 Å². The maximum Gasteiger partial charge on any atom is 0.230 e. The van der Waals surface area contributed by atoms with Crippen molar-refractivity contribution in [1.29, 1.82) is 5.41 Å². The van der Waals surface area contributed by atoms with E-state index in [-0.39, 0.29) is 10.3 Å². The second-order valence-corrected chi connectivity index (χ2v) is 3.47. The van der Waals surface area contributed by atoms with Gasteiger partial charge >= 0.3 is 0 Å². The molecule has 1 aromatic carbocycles. The third-order valence-corrected chi connectivity index (χ3v) is 2.15. The van der Waals surface area contributed by atoms with Gasteiger partial charge in [0, 0.05) is 0 Å². The summed E-state index contributed by atoms with van der Waals surface area (Å²) in [6.07, 6.45) is 0. The van der Waals surface area contributed by atoms with E-state index in [1.807, 2.05) is 0 Å². The highest BCUT2D eigenvalue weighted by Crippen LogP contribution is 2.22. The van der Waals surface area contributed by atoms with Gasteiger partial charge in [-0.3, -0.25) is 10.2 Å². The first-order valence-corrected chi connectivity index (χ1v) is 4.66. The predicted molar refractivity (Wildman–Crippen MR) is 56.8 cm³/mol. The molecule has 5 heteroatoms. The van der Waals surface area contributed by atoms with Crippen LogP contribution in [0.4, 0.5) is 0 Å². The number of carbonyl (C=O) groups is 1. The second kappa shape index (κ2) is 4.66. The van der Waals surface area contributed by atoms with E-state index in [4.69, 9.17) is 15.9 Å². The lowest BCUT2D eigenvalue weighted by atomic mass is 10.2. The summed E-state index contributed by atoms with van der Waals surface area (Å²) in [6, 6.07) is 6.83. The molecule has 4 nitrogen and oxygen atoms in total. The molecule has 0 aliphatic heterocycles. The average molecular weight is 210 g/mol. The molecule has 0 radical (unpaired) electrons. The fourth-order valence-electron chi connectivity index (χ4n) is 0.968. The van der Waals surface area contributed by atoms with Crippen LogP contribution in [0.3, 0.4) is 0 Å². The fourth-order valence-corrected chi connectivity index (χ4v) is 1.45. The zero-order valence-corrected chi connectivity index (χ0v) is 8.43. The number of hydrogen-bond acceptors (Lipinski definition) is 4. The quantitative estimate of drug-likeness (QED) is 0.572. The summed E-state index contributed by atoms with van der Waals surface area (Å²) in [5, 5.41) is 6.48. The van der Waals surface area contributed by atoms with Crippen molar-refractivity contribution < 1.29 is 9.53 Å². The first-order chi connectivity index (χ1) is 6.65. The zero-order valence-electron chi connectivity index (χ0n) is 7.61. The normalized spacial score (nSPS) is 9.50. The highest BCUT2D eigenvalue weighted by atomic mass is 32.2. The van der Waals surface area contributed by atoms with Crippen LogP contribution in [0.25, 0.3) is 0 Å². The van der Waals surface area contributed by atoms with Gasteiger partial charge in [-0.15, -0.1) is 0 Å². The molecule has 0 unspecified atom stereocenters. The van der Waals surface area contributed by atoms with Crippen LogP contribution >= 0.6 is 11.8 Å². The number of amidine groups is 1. The van der Waals surface area contributed by atoms with Gasteiger partial charge in [0.1, 0.15) is 5.75 Å². The van der Waals surface area contributed by atoms with Crippen molar-refractivity contribution in [3.63, 3.8) is 0 Å². The lowest BCUT2D eigenvalue weighted by molar-refractivity contribution is 0.108. The molecule has 0 atom stereocenters. The van der Waals surface area contributed by atoms with Crippen molar-refractivity contribution >= 4 is 22.0 Å². The Labute approximate surface area is 85.9 Å². The number of ether oxygens (including phenoxy) is 1. The average Bonchev–Trinajstić information content (AvgIpc) is 2.16. The summed E-state index contributed by atoms with van der Waals surface area (Å²) in [5.41, 5.74) is 5.53. The van der Waals surface area contributed by atoms with Gasteiger partial charge in [0.2, 0.25) is 5.12 Å². The Morgan fingerprint density at radius 2 is 2.14 bits per heavy atom. The van der Waals surface area contributed by atoms with E-state index in [0.29, 0.717) is 23.1 Å². The van der Waals surface area contributed by atoms with Gasteiger partial charge in [-0.25, -0.2) is 0 Å². The Morgan fingerprint density at radius 1 is 1.50 bits per heavy atom. The van der Waals surface area contributed by atoms with Gasteiger partial charge in [0.05, 0.1) is 12.7 Å². The topological polar surface area (TPSA) is 76.2 Å². The maximum atomic E-state index is 11.5. The number of benzene rings is 1. The molecule has 3 N–H and O–H groups in total. The van der Waals surface area contributed by atoms with Gasteiger partial charge < -0.3 is 10.5 Å². The van der Waals surface area contributed by atoms with Crippen LogP contribution in [0.1, 0.15) is 10.4 Å². The summed E-state index contributed by atoms with van der Waals surface area (Å²) in [7, 11) is 1.49. The lowest BCUT2D eigenvalue weighted by Gasteiger charge is -2.05. The largest absolute Gasteiger partial charge is 0.496 e. The number of thioether (sulfide) groups is 1. The van der Waals surface area contributed by atoms with Crippen LogP contribution in [-0.2, 0) is 0 Å². The molecule has 0 aromatic heterocycles. The molecule has 0 spiro atoms. The van der Waals surface area contributed by atoms with Crippen molar-refractivity contribution in [3.8, 4) is 5.75 Å². The van der Waals surface area contributed by atoms with Gasteiger partial charge in [-0.05, 0) is 23.9 Å². The lowest BCUT2D eigenvalue weighted by Crippen LogP contribution is -2.09. The van der Waals surface area contributed by atoms with E-state index in [1.54, 1.807) is 24.3 Å². The van der Waals surface area contributed by atoms with E-state index >= 15 is 0 Å². The van der Waals surface area contributed by atoms with E-state index in [2.05, 4.69) is 0 Å². The minimum absolute atomic E-state index is 0.221. The molecule has 0 aliphatic rings. The fraction of sp³-hybridized carbons (Fsp3) is 0.111. The standard InChI is InChI=1S/C9H10N2O2S/c1-13-7-5-3-2-4-6(7)8(12)14-9(10)11/h2-5H,1H3,(H3,10,11). The number of rotatable bonds is 2. The van der Waals surface area contributed by atoms with Gasteiger partial charge in [-0.2, -0.15) is 0 Å². The minimum atomic E-state index is -0.282. The number of methoxy groups -OCH3 is 1. The number of nitrogens with one attached hydrogen (secondary N) is 1. The molecular formula is C9H10N2O2S. The molecule has 0 saturated heterocycles. The highest BCUT2D eigenvalue weighted by Gasteiger charge is 2.12. The zero-order chi connectivity index (χ0) is 10.6. The Balaban J connectivity index is 2.94. The monoisotopic (exact) mass is 210 g/mol. The van der Waals surface area contributed by atoms with Crippen molar-refractivity contribution in [2.75, 3.05) is 7.11 Å². The predicted octanol–water partition coefficient (Wildman–Crippen LogP) is 1.46. The Hall–Kier alpha value is -1.49. The molecule has 0 heterocycles. The molecule has 1 rings (SSSR count). The molecule has 14 heavy (non-hydrogen) atoms. The molecule has 0 fully saturated rings. The van der Waals surface area contributed by atoms with Crippen molar-refractivity contribution in [3.05, 3.63) is 29.8 Å². The van der Waals surface area contributed by atoms with Gasteiger partial charge in [0.25, 0.3) is 0 Å². The highest BCUT2D eigenvalue weighted by molar-refractivity contribution is 8.26. The summed E-state index contributed by atoms with van der Waals surface area (Å²) >= 11 is 0.679. The summed E-state index contributed by atoms with van der Waals surface area (Å²) in [4.78, 5) is 11.5. The molecule has 0 saturated carbocycles. The van der Waals surface area contributed by atoms with E-state index < -0.39 is 0 Å². The minimum Gasteiger partial charge on any atom is -0.496 e. The van der Waals surface area contributed by atoms with Crippen LogP contribution in [0, 0.1) is 5.41 Å². The number of hydrogen-bond donors (Lipinski definition) is 2. The van der Waals surface area contributed by atoms with Crippen molar-refractivity contribution in [1.82, 2.24) is 0 Å². The first kappa shape index (κ1) is 10.6. The molecule has 1 aromatic rings. The van der Waals surface area contributed by atoms with E-state index in [1.165, 1.54) is 7.11 Å². The summed E-state index contributed by atoms with van der Waals surface area (Å²) in [5.74, 6) is 0.492. The third kappa shape index (κ3) is 2.50. The second-order valence-electron chi connectivity index (χ2n) is 2.45. The molecule has 0 amide bonds. The molecule has 0 bridgehead atoms. The van der Waals surface area contributed by atoms with Crippen molar-refractivity contribution in [2.45, 2.75) is 0 Å². The van der Waals surface area contributed by atoms with Crippen LogP contribution in [0.5, 0.6) is 5.75 Å². The van der Waals surface area contributed by atoms with Crippen LogP contribution in [0.2, 0.25) is 0 Å². The Kier molecular flexibility index (Phi) is 3.53. The first-order valence-electron chi connectivity index (χ1n) is 3.84. The Morgan fingerprint density at radius 3 is 2.71 bits per heavy atom. The SMILES string of the molecule is COc1ccccc1C(=O)SC(=N)N. The molecule has 74 valence electrons. The third-order valence-electron chi connectivity index (χ3n) is 1.53. The summed E-state index contributed by atoms with van der Waals surface area (Å²) < 4.78 is 5.00. The van der Waals surface area contributed by atoms with Crippen LogP contribution in [-0.4, -0.2) is 17.4 Å². The Bertz CT molecular complexity index is 366. The number of carbonyl (C=O) groups excluding carboxylic acids is 1. The van der Waals surface area contributed by atoms with E-state index in [0.717, 1.165) is 0 Å². The van der Waals surface area contributed by atoms with Crippen molar-refractivity contribution in [2.24, 2.45) is 5.73 Å². The van der Waals surface area contributed by atoms with Gasteiger partial charge in [0.15, 0.2) is 5.17 Å². The smallest absolute Gasteiger partial charge is 0.230 e. The maximum absolute atomic E-state index is 11.5. The van der Waals surface area contributed by atoms with Gasteiger partial charge in [-0.1, -0.05) is 12.1 Å². The number of para-hydroxylation sites is 1. The molecule has 0 aliphatic carbocycles. The number of nitrogens with two attached hydrogens (primary N) is 1. The van der Waals surface area contributed by atoms with Crippen LogP contribution < -0.4 is 10.5 Å².